The highest BCUT2D eigenvalue weighted by Gasteiger charge is 2.22. The van der Waals surface area contributed by atoms with Crippen molar-refractivity contribution in [3.8, 4) is 0 Å². The molecule has 96 valence electrons. The molecule has 0 spiro atoms. The first kappa shape index (κ1) is 14.2. The summed E-state index contributed by atoms with van der Waals surface area (Å²) in [4.78, 5) is 33.5. The van der Waals surface area contributed by atoms with Crippen LogP contribution in [0.25, 0.3) is 0 Å². The van der Waals surface area contributed by atoms with E-state index in [0.29, 0.717) is 5.02 Å². The molecule has 1 amide bonds. The van der Waals surface area contributed by atoms with Crippen molar-refractivity contribution in [3.63, 3.8) is 0 Å². The maximum Gasteiger partial charge on any atom is 0.326 e. The van der Waals surface area contributed by atoms with Crippen molar-refractivity contribution in [2.24, 2.45) is 0 Å². The first-order valence-corrected chi connectivity index (χ1v) is 5.56. The Morgan fingerprint density at radius 2 is 2.06 bits per heavy atom. The van der Waals surface area contributed by atoms with Gasteiger partial charge in [0.15, 0.2) is 0 Å². The van der Waals surface area contributed by atoms with Crippen LogP contribution in [0.15, 0.2) is 24.3 Å². The van der Waals surface area contributed by atoms with Gasteiger partial charge in [-0.2, -0.15) is 0 Å². The molecule has 0 aliphatic rings. The van der Waals surface area contributed by atoms with Gasteiger partial charge >= 0.3 is 5.97 Å². The zero-order valence-electron chi connectivity index (χ0n) is 9.64. The molecule has 0 aromatic heterocycles. The molecule has 0 aliphatic carbocycles. The summed E-state index contributed by atoms with van der Waals surface area (Å²) in [6.45, 7) is 1.27. The van der Waals surface area contributed by atoms with Crippen molar-refractivity contribution in [1.82, 2.24) is 5.32 Å². The SMILES string of the molecule is CC(=O)CC(NC(=O)c1cccc(Cl)c1)C(=O)O. The molecular weight excluding hydrogens is 258 g/mol. The van der Waals surface area contributed by atoms with Gasteiger partial charge in [-0.1, -0.05) is 17.7 Å². The van der Waals surface area contributed by atoms with E-state index in [1.165, 1.54) is 19.1 Å². The fourth-order valence-corrected chi connectivity index (χ4v) is 1.55. The zero-order chi connectivity index (χ0) is 13.7. The fraction of sp³-hybridized carbons (Fsp3) is 0.250. The summed E-state index contributed by atoms with van der Waals surface area (Å²) < 4.78 is 0. The molecule has 0 saturated carbocycles. The number of aliphatic carboxylic acids is 1. The molecule has 2 N–H and O–H groups in total. The zero-order valence-corrected chi connectivity index (χ0v) is 10.4. The average Bonchev–Trinajstić information content (AvgIpc) is 2.27. The first-order valence-electron chi connectivity index (χ1n) is 5.19. The standard InChI is InChI=1S/C12H12ClNO4/c1-7(15)5-10(12(17)18)14-11(16)8-3-2-4-9(13)6-8/h2-4,6,10H,5H2,1H3,(H,14,16)(H,17,18). The Balaban J connectivity index is 2.78. The predicted molar refractivity (Wildman–Crippen MR) is 65.6 cm³/mol. The summed E-state index contributed by atoms with van der Waals surface area (Å²) in [5.41, 5.74) is 0.248. The van der Waals surface area contributed by atoms with Crippen molar-refractivity contribution < 1.29 is 19.5 Å². The average molecular weight is 270 g/mol. The van der Waals surface area contributed by atoms with Crippen molar-refractivity contribution >= 4 is 29.3 Å². The number of carbonyl (C=O) groups excluding carboxylic acids is 2. The minimum absolute atomic E-state index is 0.248. The molecule has 0 aliphatic heterocycles. The molecule has 1 rings (SSSR count). The molecule has 1 unspecified atom stereocenters. The van der Waals surface area contributed by atoms with Crippen LogP contribution in [-0.4, -0.2) is 28.8 Å². The van der Waals surface area contributed by atoms with Gasteiger partial charge < -0.3 is 10.4 Å². The van der Waals surface area contributed by atoms with E-state index >= 15 is 0 Å². The quantitative estimate of drug-likeness (QED) is 0.848. The molecular formula is C12H12ClNO4. The van der Waals surface area contributed by atoms with E-state index in [0.717, 1.165) is 0 Å². The Kier molecular flexibility index (Phi) is 4.85. The monoisotopic (exact) mass is 269 g/mol. The molecule has 5 nitrogen and oxygen atoms in total. The van der Waals surface area contributed by atoms with E-state index in [2.05, 4.69) is 5.32 Å². The Morgan fingerprint density at radius 3 is 2.56 bits per heavy atom. The summed E-state index contributed by atoms with van der Waals surface area (Å²) in [7, 11) is 0. The van der Waals surface area contributed by atoms with E-state index in [1.807, 2.05) is 0 Å². The van der Waals surface area contributed by atoms with E-state index in [9.17, 15) is 14.4 Å². The molecule has 0 radical (unpaired) electrons. The van der Waals surface area contributed by atoms with Crippen LogP contribution in [0.3, 0.4) is 0 Å². The number of nitrogens with one attached hydrogen (secondary N) is 1. The Hall–Kier alpha value is -1.88. The van der Waals surface area contributed by atoms with Crippen LogP contribution >= 0.6 is 11.6 Å². The lowest BCUT2D eigenvalue weighted by molar-refractivity contribution is -0.140. The number of hydrogen-bond donors (Lipinski definition) is 2. The van der Waals surface area contributed by atoms with Gasteiger partial charge in [-0.05, 0) is 25.1 Å². The highest BCUT2D eigenvalue weighted by molar-refractivity contribution is 6.31. The number of rotatable bonds is 5. The Labute approximate surface area is 109 Å². The Bertz CT molecular complexity index is 487. The molecule has 0 fully saturated rings. The van der Waals surface area contributed by atoms with Crippen LogP contribution in [0.4, 0.5) is 0 Å². The van der Waals surface area contributed by atoms with Crippen LogP contribution in [0.5, 0.6) is 0 Å². The topological polar surface area (TPSA) is 83.5 Å². The summed E-state index contributed by atoms with van der Waals surface area (Å²) >= 11 is 5.72. The molecule has 1 atom stereocenters. The fourth-order valence-electron chi connectivity index (χ4n) is 1.36. The van der Waals surface area contributed by atoms with Gasteiger partial charge in [0.05, 0.1) is 0 Å². The second-order valence-corrected chi connectivity index (χ2v) is 4.22. The van der Waals surface area contributed by atoms with E-state index in [-0.39, 0.29) is 17.8 Å². The van der Waals surface area contributed by atoms with Gasteiger partial charge in [-0.25, -0.2) is 4.79 Å². The molecule has 6 heteroatoms. The third kappa shape index (κ3) is 4.18. The second-order valence-electron chi connectivity index (χ2n) is 3.78. The molecule has 0 bridgehead atoms. The van der Waals surface area contributed by atoms with Crippen molar-refractivity contribution in [2.45, 2.75) is 19.4 Å². The lowest BCUT2D eigenvalue weighted by Crippen LogP contribution is -2.41. The first-order chi connectivity index (χ1) is 8.40. The largest absolute Gasteiger partial charge is 0.480 e. The van der Waals surface area contributed by atoms with Crippen molar-refractivity contribution in [1.29, 1.82) is 0 Å². The van der Waals surface area contributed by atoms with Gasteiger partial charge in [0.25, 0.3) is 5.91 Å². The van der Waals surface area contributed by atoms with Gasteiger partial charge in [-0.3, -0.25) is 9.59 Å². The summed E-state index contributed by atoms with van der Waals surface area (Å²) in [5, 5.41) is 11.5. The van der Waals surface area contributed by atoms with Crippen LogP contribution in [0.1, 0.15) is 23.7 Å². The number of carbonyl (C=O) groups is 3. The normalized spacial score (nSPS) is 11.7. The third-order valence-electron chi connectivity index (χ3n) is 2.18. The van der Waals surface area contributed by atoms with Crippen LogP contribution in [-0.2, 0) is 9.59 Å². The molecule has 1 aromatic rings. The van der Waals surface area contributed by atoms with Crippen molar-refractivity contribution in [3.05, 3.63) is 34.9 Å². The number of Topliss-reactive ketones (excluding diaryl/α,β-unsaturated/α-hetero) is 1. The van der Waals surface area contributed by atoms with Crippen LogP contribution in [0, 0.1) is 0 Å². The number of amides is 1. The molecule has 0 heterocycles. The van der Waals surface area contributed by atoms with Gasteiger partial charge in [0.1, 0.15) is 11.8 Å². The minimum atomic E-state index is -1.25. The van der Waals surface area contributed by atoms with Gasteiger partial charge in [0, 0.05) is 17.0 Å². The third-order valence-corrected chi connectivity index (χ3v) is 2.42. The van der Waals surface area contributed by atoms with E-state index < -0.39 is 17.9 Å². The maximum absolute atomic E-state index is 11.7. The summed E-state index contributed by atoms with van der Waals surface area (Å²) in [6.07, 6.45) is -0.248. The highest BCUT2D eigenvalue weighted by atomic mass is 35.5. The maximum atomic E-state index is 11.7. The molecule has 0 saturated heterocycles. The smallest absolute Gasteiger partial charge is 0.326 e. The molecule has 1 aromatic carbocycles. The van der Waals surface area contributed by atoms with E-state index in [4.69, 9.17) is 16.7 Å². The number of hydrogen-bond acceptors (Lipinski definition) is 3. The number of carboxylic acid groups (broad SMARTS) is 1. The number of halogens is 1. The van der Waals surface area contributed by atoms with E-state index in [1.54, 1.807) is 12.1 Å². The number of carboxylic acids is 1. The second kappa shape index (κ2) is 6.16. The number of ketones is 1. The van der Waals surface area contributed by atoms with Crippen LogP contribution < -0.4 is 5.32 Å². The van der Waals surface area contributed by atoms with Gasteiger partial charge in [0.2, 0.25) is 0 Å². The highest BCUT2D eigenvalue weighted by Crippen LogP contribution is 2.10. The Morgan fingerprint density at radius 1 is 1.39 bits per heavy atom. The number of benzene rings is 1. The summed E-state index contributed by atoms with van der Waals surface area (Å²) in [6, 6.07) is 4.88. The predicted octanol–water partition coefficient (Wildman–Crippen LogP) is 1.50. The summed E-state index contributed by atoms with van der Waals surface area (Å²) in [5.74, 6) is -2.14. The van der Waals surface area contributed by atoms with Crippen LogP contribution in [0.2, 0.25) is 5.02 Å². The van der Waals surface area contributed by atoms with Gasteiger partial charge in [-0.15, -0.1) is 0 Å². The lowest BCUT2D eigenvalue weighted by Gasteiger charge is -2.13. The molecule has 18 heavy (non-hydrogen) atoms. The minimum Gasteiger partial charge on any atom is -0.480 e. The lowest BCUT2D eigenvalue weighted by atomic mass is 10.1. The van der Waals surface area contributed by atoms with Crippen molar-refractivity contribution in [2.75, 3.05) is 0 Å².